The first-order valence-electron chi connectivity index (χ1n) is 16.0. The first-order valence-corrected chi connectivity index (χ1v) is 20.7. The fourth-order valence-electron chi connectivity index (χ4n) is 5.98. The SMILES string of the molecule is CC(=O)Oc1ccc(CSP2(=O)OCC[C@H]3O[C@@H](n4ccc(=O)[nH]c4=O)[C@H](OP(=O)(O)OC[C@H]4O[C@@H](n5cnc6c(N)ncnc65)[C@H](F)[C@@H]4O2)[C@@H]3F)cc1. The van der Waals surface area contributed by atoms with Crippen molar-refractivity contribution in [3.8, 4) is 5.75 Å². The average molecular weight is 818 g/mol. The van der Waals surface area contributed by atoms with Gasteiger partial charge in [0.2, 0.25) is 0 Å². The smallest absolute Gasteiger partial charge is 0.427 e. The van der Waals surface area contributed by atoms with Crippen LogP contribution in [0.25, 0.3) is 11.2 Å². The normalized spacial score (nSPS) is 33.3. The lowest BCUT2D eigenvalue weighted by atomic mass is 10.1. The van der Waals surface area contributed by atoms with Crippen LogP contribution in [-0.2, 0) is 47.2 Å². The molecule has 25 heteroatoms. The molecule has 3 aliphatic rings. The number of phosphoric acid groups is 1. The third-order valence-corrected chi connectivity index (χ3v) is 13.1. The summed E-state index contributed by atoms with van der Waals surface area (Å²) in [5.74, 6) is -0.327. The second-order valence-corrected chi connectivity index (χ2v) is 17.5. The fraction of sp³-hybridized carbons (Fsp3) is 0.448. The van der Waals surface area contributed by atoms with E-state index in [4.69, 9.17) is 38.0 Å². The summed E-state index contributed by atoms with van der Waals surface area (Å²) in [5, 5.41) is 0. The third-order valence-electron chi connectivity index (χ3n) is 8.45. The molecular formula is C29H31F2N7O13P2S. The minimum atomic E-state index is -5.28. The highest BCUT2D eigenvalue weighted by Gasteiger charge is 2.54. The maximum Gasteiger partial charge on any atom is 0.472 e. The Morgan fingerprint density at radius 1 is 1.02 bits per heavy atom. The molecule has 10 atom stereocenters. The second-order valence-electron chi connectivity index (χ2n) is 12.1. The summed E-state index contributed by atoms with van der Waals surface area (Å²) >= 11 is 0.649. The molecule has 20 nitrogen and oxygen atoms in total. The Morgan fingerprint density at radius 3 is 2.52 bits per heavy atom. The Morgan fingerprint density at radius 2 is 1.78 bits per heavy atom. The molecule has 3 fully saturated rings. The summed E-state index contributed by atoms with van der Waals surface area (Å²) in [5.41, 5.74) is 4.84. The molecule has 2 bridgehead atoms. The van der Waals surface area contributed by atoms with Crippen molar-refractivity contribution in [1.82, 2.24) is 29.1 Å². The molecule has 2 unspecified atom stereocenters. The Balaban J connectivity index is 1.21. The number of H-pyrrole nitrogens is 1. The number of fused-ring (bicyclic) bond motifs is 4. The van der Waals surface area contributed by atoms with E-state index in [0.29, 0.717) is 16.9 Å². The minimum Gasteiger partial charge on any atom is -0.427 e. The Kier molecular flexibility index (Phi) is 10.9. The van der Waals surface area contributed by atoms with Crippen molar-refractivity contribution >= 4 is 49.0 Å². The van der Waals surface area contributed by atoms with Gasteiger partial charge in [-0.2, -0.15) is 0 Å². The van der Waals surface area contributed by atoms with Crippen LogP contribution in [0.15, 0.2) is 58.8 Å². The van der Waals surface area contributed by atoms with Crippen molar-refractivity contribution in [3.63, 3.8) is 0 Å². The van der Waals surface area contributed by atoms with E-state index in [-0.39, 0.29) is 34.9 Å². The molecule has 3 aliphatic heterocycles. The van der Waals surface area contributed by atoms with Crippen molar-refractivity contribution in [3.05, 3.63) is 75.6 Å². The number of nitrogens with one attached hydrogen (secondary N) is 1. The van der Waals surface area contributed by atoms with E-state index in [1.54, 1.807) is 12.1 Å². The number of nitrogens with two attached hydrogens (primary N) is 1. The van der Waals surface area contributed by atoms with E-state index in [1.807, 2.05) is 4.98 Å². The lowest BCUT2D eigenvalue weighted by Crippen LogP contribution is -2.38. The summed E-state index contributed by atoms with van der Waals surface area (Å²) in [6, 6.07) is 7.12. The van der Waals surface area contributed by atoms with Crippen LogP contribution in [-0.4, -0.2) is 89.9 Å². The van der Waals surface area contributed by atoms with Crippen molar-refractivity contribution in [1.29, 1.82) is 0 Å². The van der Waals surface area contributed by atoms with Crippen LogP contribution in [0.1, 0.15) is 31.4 Å². The number of aromatic amines is 1. The van der Waals surface area contributed by atoms with Gasteiger partial charge in [-0.05, 0) is 29.1 Å². The first kappa shape index (κ1) is 38.4. The highest BCUT2D eigenvalue weighted by atomic mass is 32.7. The highest BCUT2D eigenvalue weighted by molar-refractivity contribution is 8.54. The topological polar surface area (TPSA) is 261 Å². The lowest BCUT2D eigenvalue weighted by molar-refractivity contribution is -0.131. The first-order chi connectivity index (χ1) is 25.7. The van der Waals surface area contributed by atoms with Crippen molar-refractivity contribution in [2.45, 2.75) is 68.3 Å². The van der Waals surface area contributed by atoms with Crippen LogP contribution in [0.4, 0.5) is 14.6 Å². The molecule has 7 rings (SSSR count). The molecular weight excluding hydrogens is 786 g/mol. The van der Waals surface area contributed by atoms with Gasteiger partial charge in [-0.1, -0.05) is 12.1 Å². The van der Waals surface area contributed by atoms with Gasteiger partial charge in [0.1, 0.15) is 35.9 Å². The van der Waals surface area contributed by atoms with Gasteiger partial charge < -0.3 is 29.4 Å². The molecule has 290 valence electrons. The molecule has 6 heterocycles. The predicted octanol–water partition coefficient (Wildman–Crippen LogP) is 2.70. The number of benzene rings is 1. The molecule has 0 radical (unpaired) electrons. The molecule has 3 saturated heterocycles. The zero-order valence-corrected chi connectivity index (χ0v) is 30.4. The van der Waals surface area contributed by atoms with E-state index in [0.717, 1.165) is 23.2 Å². The molecule has 0 amide bonds. The molecule has 3 aromatic heterocycles. The number of halogens is 2. The number of esters is 1. The summed E-state index contributed by atoms with van der Waals surface area (Å²) in [6.45, 7) is -4.68. The fourth-order valence-corrected chi connectivity index (χ4v) is 10.3. The monoisotopic (exact) mass is 817 g/mol. The molecule has 4 N–H and O–H groups in total. The van der Waals surface area contributed by atoms with E-state index in [2.05, 4.69) is 15.0 Å². The lowest BCUT2D eigenvalue weighted by Gasteiger charge is -2.27. The van der Waals surface area contributed by atoms with Gasteiger partial charge in [0.15, 0.2) is 36.3 Å². The van der Waals surface area contributed by atoms with Gasteiger partial charge in [-0.3, -0.25) is 37.3 Å². The van der Waals surface area contributed by atoms with Crippen LogP contribution in [0.3, 0.4) is 0 Å². The molecule has 0 spiro atoms. The predicted molar refractivity (Wildman–Crippen MR) is 181 cm³/mol. The number of anilines is 1. The number of nitrogen functional groups attached to an aromatic ring is 1. The number of hydrogen-bond acceptors (Lipinski definition) is 17. The van der Waals surface area contributed by atoms with E-state index in [9.17, 15) is 28.4 Å². The van der Waals surface area contributed by atoms with Gasteiger partial charge in [0.05, 0.1) is 25.6 Å². The number of carbonyl (C=O) groups is 1. The van der Waals surface area contributed by atoms with Gasteiger partial charge in [-0.25, -0.2) is 37.7 Å². The zero-order chi connectivity index (χ0) is 38.4. The Hall–Kier alpha value is -3.89. The average Bonchev–Trinajstić information content (AvgIpc) is 3.77. The van der Waals surface area contributed by atoms with E-state index >= 15 is 8.78 Å². The van der Waals surface area contributed by atoms with Crippen molar-refractivity contribution in [2.75, 3.05) is 18.9 Å². The number of ether oxygens (including phenoxy) is 3. The van der Waals surface area contributed by atoms with Crippen LogP contribution in [0, 0.1) is 0 Å². The standard InChI is InChI=1S/C29H31F2N7O13P2S/c1-14(39)47-16-4-2-15(3-5-16)11-54-53(44)45-9-7-17-20(30)24(28(48-17)37-8-6-19(40)36-29(37)41)50-52(42,43)46-10-18-23(51-53)21(31)27(49-18)38-13-35-22-25(32)33-12-34-26(22)38/h2-6,8,12-13,17-18,20-21,23-24,27-28H,7,9-11H2,1H3,(H,42,43)(H2,32,33,34)(H,36,40,41)/t17-,18-,20-,21-,23-,24-,27-,28-,53?/m1/s1. The van der Waals surface area contributed by atoms with Crippen LogP contribution in [0.5, 0.6) is 5.75 Å². The molecule has 0 saturated carbocycles. The quantitative estimate of drug-likeness (QED) is 0.143. The van der Waals surface area contributed by atoms with Crippen LogP contribution >= 0.6 is 26.0 Å². The van der Waals surface area contributed by atoms with Crippen LogP contribution < -0.4 is 21.7 Å². The van der Waals surface area contributed by atoms with E-state index < -0.39 is 94.3 Å². The molecule has 0 aliphatic carbocycles. The molecule has 4 aromatic rings. The highest BCUT2D eigenvalue weighted by Crippen LogP contribution is 2.64. The van der Waals surface area contributed by atoms with Crippen molar-refractivity contribution in [2.24, 2.45) is 0 Å². The maximum atomic E-state index is 16.6. The van der Waals surface area contributed by atoms with E-state index in [1.165, 1.54) is 30.0 Å². The number of alkyl halides is 2. The van der Waals surface area contributed by atoms with Crippen molar-refractivity contribution < 1.29 is 59.9 Å². The van der Waals surface area contributed by atoms with Gasteiger partial charge >= 0.3 is 26.3 Å². The molecule has 54 heavy (non-hydrogen) atoms. The summed E-state index contributed by atoms with van der Waals surface area (Å²) < 4.78 is 101. The summed E-state index contributed by atoms with van der Waals surface area (Å²) in [7, 11) is -5.28. The number of rotatable bonds is 6. The van der Waals surface area contributed by atoms with Gasteiger partial charge in [0.25, 0.3) is 5.56 Å². The number of nitrogens with zero attached hydrogens (tertiary/aromatic N) is 5. The Bertz CT molecular complexity index is 2250. The molecule has 1 aromatic carbocycles. The summed E-state index contributed by atoms with van der Waals surface area (Å²) in [4.78, 5) is 60.5. The zero-order valence-electron chi connectivity index (χ0n) is 27.8. The van der Waals surface area contributed by atoms with Crippen LogP contribution in [0.2, 0.25) is 0 Å². The number of hydrogen-bond donors (Lipinski definition) is 3. The number of carbonyl (C=O) groups excluding carboxylic acids is 1. The number of aromatic nitrogens is 6. The number of phosphoric ester groups is 1. The third kappa shape index (κ3) is 8.06. The minimum absolute atomic E-state index is 0.00853. The number of imidazole rings is 1. The second kappa shape index (κ2) is 15.3. The van der Waals surface area contributed by atoms with Gasteiger partial charge in [0, 0.05) is 31.4 Å². The van der Waals surface area contributed by atoms with Gasteiger partial charge in [-0.15, -0.1) is 0 Å². The summed E-state index contributed by atoms with van der Waals surface area (Å²) in [6.07, 6.45) is -11.5. The Labute approximate surface area is 306 Å². The maximum absolute atomic E-state index is 16.6. The largest absolute Gasteiger partial charge is 0.472 e.